The molecule has 0 atom stereocenters. The molecule has 8 heteroatoms. The number of phenols is 2. The quantitative estimate of drug-likeness (QED) is 0.108. The Bertz CT molecular complexity index is 1400. The van der Waals surface area contributed by atoms with Crippen LogP contribution in [0.15, 0.2) is 121 Å². The number of ketones is 1. The second-order valence-corrected chi connectivity index (χ2v) is 8.64. The van der Waals surface area contributed by atoms with E-state index in [9.17, 15) is 15.0 Å². The van der Waals surface area contributed by atoms with E-state index >= 15 is 0 Å². The zero-order valence-corrected chi connectivity index (χ0v) is 20.2. The normalized spacial score (nSPS) is 12.8. The molecule has 0 radical (unpaired) electrons. The molecule has 1 aliphatic carbocycles. The minimum atomic E-state index is -0.236. The van der Waals surface area contributed by atoms with Gasteiger partial charge in [0.25, 0.3) is 0 Å². The van der Waals surface area contributed by atoms with E-state index in [0.717, 1.165) is 34.1 Å². The van der Waals surface area contributed by atoms with Gasteiger partial charge in [-0.25, -0.2) is 0 Å². The summed E-state index contributed by atoms with van der Waals surface area (Å²) in [6, 6.07) is 28.4. The molecule has 188 valence electrons. The highest BCUT2D eigenvalue weighted by atomic mass is 16.3. The minimum absolute atomic E-state index is 0.184. The molecule has 0 saturated carbocycles. The Morgan fingerprint density at radius 3 is 1.16 bits per heavy atom. The van der Waals surface area contributed by atoms with Gasteiger partial charge < -0.3 is 31.5 Å². The lowest BCUT2D eigenvalue weighted by Crippen LogP contribution is -2.21. The number of hydrogen-bond acceptors (Lipinski definition) is 8. The van der Waals surface area contributed by atoms with Gasteiger partial charge in [0.1, 0.15) is 11.5 Å². The zero-order chi connectivity index (χ0) is 26.5. The number of carbonyl (C=O) groups is 1. The Hall–Kier alpha value is -5.50. The molecule has 0 aromatic heterocycles. The van der Waals surface area contributed by atoms with E-state index in [1.165, 1.54) is 12.2 Å². The zero-order valence-electron chi connectivity index (χ0n) is 20.2. The number of phenolic OH excluding ortho intramolecular Hbond substituents is 2. The largest absolute Gasteiger partial charge is 0.508 e. The van der Waals surface area contributed by atoms with Crippen LogP contribution in [0.25, 0.3) is 0 Å². The first-order valence-electron chi connectivity index (χ1n) is 11.8. The molecule has 0 heterocycles. The molecule has 38 heavy (non-hydrogen) atoms. The molecule has 7 N–H and O–H groups in total. The molecule has 0 spiro atoms. The molecular weight excluding hydrogens is 478 g/mol. The molecule has 0 saturated heterocycles. The Balaban J connectivity index is 1.18. The van der Waals surface area contributed by atoms with Crippen LogP contribution in [0.3, 0.4) is 0 Å². The maximum atomic E-state index is 12.8. The number of aromatic hydroxyl groups is 2. The van der Waals surface area contributed by atoms with E-state index in [2.05, 4.69) is 21.3 Å². The van der Waals surface area contributed by atoms with E-state index in [1.807, 2.05) is 48.5 Å². The van der Waals surface area contributed by atoms with Crippen molar-refractivity contribution in [3.05, 3.63) is 121 Å². The van der Waals surface area contributed by atoms with Crippen LogP contribution in [0.2, 0.25) is 0 Å². The lowest BCUT2D eigenvalue weighted by molar-refractivity contribution is -0.111. The Morgan fingerprint density at radius 2 is 0.763 bits per heavy atom. The number of anilines is 6. The second kappa shape index (κ2) is 10.6. The highest BCUT2D eigenvalue weighted by Gasteiger charge is 2.18. The van der Waals surface area contributed by atoms with Crippen molar-refractivity contribution in [2.24, 2.45) is 0 Å². The third-order valence-corrected chi connectivity index (χ3v) is 5.76. The van der Waals surface area contributed by atoms with E-state index in [-0.39, 0.29) is 23.0 Å². The summed E-state index contributed by atoms with van der Waals surface area (Å²) in [5.74, 6) is 0.175. The number of rotatable bonds is 8. The monoisotopic (exact) mass is 503 g/mol. The Morgan fingerprint density at radius 1 is 0.447 bits per heavy atom. The Kier molecular flexibility index (Phi) is 6.77. The van der Waals surface area contributed by atoms with E-state index in [1.54, 1.807) is 48.5 Å². The molecule has 0 bridgehead atoms. The lowest BCUT2D eigenvalue weighted by atomic mass is 10.0. The van der Waals surface area contributed by atoms with Crippen LogP contribution in [-0.2, 0) is 4.79 Å². The van der Waals surface area contributed by atoms with Crippen molar-refractivity contribution in [1.29, 1.82) is 5.41 Å². The molecule has 8 nitrogen and oxygen atoms in total. The molecular formula is C30H25N5O3. The predicted molar refractivity (Wildman–Crippen MR) is 152 cm³/mol. The number of benzene rings is 4. The molecule has 4 aromatic carbocycles. The predicted octanol–water partition coefficient (Wildman–Crippen LogP) is 6.48. The van der Waals surface area contributed by atoms with Crippen molar-refractivity contribution in [3.8, 4) is 11.5 Å². The number of hydrogen-bond donors (Lipinski definition) is 7. The van der Waals surface area contributed by atoms with Gasteiger partial charge in [-0.05, 0) is 103 Å². The van der Waals surface area contributed by atoms with Crippen LogP contribution in [0.1, 0.15) is 0 Å². The first-order valence-corrected chi connectivity index (χ1v) is 11.8. The highest BCUT2D eigenvalue weighted by molar-refractivity contribution is 6.22. The van der Waals surface area contributed by atoms with Crippen molar-refractivity contribution < 1.29 is 15.0 Å². The fourth-order valence-electron chi connectivity index (χ4n) is 3.79. The van der Waals surface area contributed by atoms with Gasteiger partial charge in [0.2, 0.25) is 5.78 Å². The van der Waals surface area contributed by atoms with Gasteiger partial charge in [-0.2, -0.15) is 0 Å². The summed E-state index contributed by atoms with van der Waals surface area (Å²) in [6.07, 6.45) is 2.92. The van der Waals surface area contributed by atoms with Gasteiger partial charge in [0, 0.05) is 40.2 Å². The summed E-state index contributed by atoms with van der Waals surface area (Å²) >= 11 is 0. The summed E-state index contributed by atoms with van der Waals surface area (Å²) in [6.45, 7) is 0. The van der Waals surface area contributed by atoms with Gasteiger partial charge in [-0.1, -0.05) is 0 Å². The summed E-state index contributed by atoms with van der Waals surface area (Å²) < 4.78 is 0. The summed E-state index contributed by atoms with van der Waals surface area (Å²) in [5.41, 5.74) is 5.77. The van der Waals surface area contributed by atoms with Crippen molar-refractivity contribution >= 4 is 45.6 Å². The molecule has 0 amide bonds. The van der Waals surface area contributed by atoms with Gasteiger partial charge in [-0.3, -0.25) is 10.2 Å². The molecule has 0 aliphatic heterocycles. The highest BCUT2D eigenvalue weighted by Crippen LogP contribution is 2.24. The standard InChI is InChI=1S/C30H25N5O3/c31-27-17-29(35-24-7-3-20(4-8-24)33-22-11-15-26(37)16-12-22)30(38)18-28(27)34-23-5-1-19(2-6-23)32-21-9-13-25(36)14-10-21/h1-18,31-37H. The van der Waals surface area contributed by atoms with Gasteiger partial charge in [0.05, 0.1) is 17.1 Å². The third kappa shape index (κ3) is 6.00. The van der Waals surface area contributed by atoms with E-state index < -0.39 is 0 Å². The van der Waals surface area contributed by atoms with Crippen molar-refractivity contribution in [3.63, 3.8) is 0 Å². The fourth-order valence-corrected chi connectivity index (χ4v) is 3.79. The van der Waals surface area contributed by atoms with Crippen LogP contribution in [0.5, 0.6) is 11.5 Å². The van der Waals surface area contributed by atoms with Crippen molar-refractivity contribution in [2.45, 2.75) is 0 Å². The number of nitrogens with one attached hydrogen (secondary N) is 5. The summed E-state index contributed by atoms with van der Waals surface area (Å²) in [4.78, 5) is 12.8. The van der Waals surface area contributed by atoms with E-state index in [4.69, 9.17) is 5.41 Å². The minimum Gasteiger partial charge on any atom is -0.508 e. The Labute approximate surface area is 219 Å². The van der Waals surface area contributed by atoms with Crippen molar-refractivity contribution in [1.82, 2.24) is 0 Å². The first-order chi connectivity index (χ1) is 18.4. The molecule has 0 unspecified atom stereocenters. The number of allylic oxidation sites excluding steroid dienone is 2. The molecule has 4 aromatic rings. The number of carbonyl (C=O) groups excluding carboxylic acids is 1. The third-order valence-electron chi connectivity index (χ3n) is 5.76. The summed E-state index contributed by atoms with van der Waals surface area (Å²) in [7, 11) is 0. The van der Waals surface area contributed by atoms with Crippen LogP contribution in [0, 0.1) is 5.41 Å². The molecule has 5 rings (SSSR count). The smallest absolute Gasteiger partial charge is 0.204 e. The summed E-state index contributed by atoms with van der Waals surface area (Å²) in [5, 5.41) is 39.9. The SMILES string of the molecule is N=C1C=C(Nc2ccc(Nc3ccc(O)cc3)cc2)C(=O)C=C1Nc1ccc(Nc2ccc(O)cc2)cc1. The van der Waals surface area contributed by atoms with Gasteiger partial charge in [0.15, 0.2) is 0 Å². The fraction of sp³-hybridized carbons (Fsp3) is 0. The van der Waals surface area contributed by atoms with E-state index in [0.29, 0.717) is 11.4 Å². The molecule has 0 fully saturated rings. The van der Waals surface area contributed by atoms with Crippen LogP contribution in [0.4, 0.5) is 34.1 Å². The lowest BCUT2D eigenvalue weighted by Gasteiger charge is -2.18. The van der Waals surface area contributed by atoms with Gasteiger partial charge in [-0.15, -0.1) is 0 Å². The maximum Gasteiger partial charge on any atom is 0.204 e. The van der Waals surface area contributed by atoms with Gasteiger partial charge >= 0.3 is 0 Å². The maximum absolute atomic E-state index is 12.8. The average Bonchev–Trinajstić information content (AvgIpc) is 2.92. The topological polar surface area (TPSA) is 130 Å². The first kappa shape index (κ1) is 24.2. The van der Waals surface area contributed by atoms with Crippen LogP contribution in [-0.4, -0.2) is 21.7 Å². The van der Waals surface area contributed by atoms with Crippen LogP contribution < -0.4 is 21.3 Å². The van der Waals surface area contributed by atoms with Crippen molar-refractivity contribution in [2.75, 3.05) is 21.3 Å². The molecule has 1 aliphatic rings. The average molecular weight is 504 g/mol. The van der Waals surface area contributed by atoms with Crippen LogP contribution >= 0.6 is 0 Å². The second-order valence-electron chi connectivity index (χ2n) is 8.64.